The van der Waals surface area contributed by atoms with Crippen LogP contribution in [-0.2, 0) is 11.2 Å². The number of likely N-dealkylation sites (tertiary alicyclic amines) is 1. The third kappa shape index (κ3) is 4.28. The molecule has 1 aromatic heterocycles. The fourth-order valence-electron chi connectivity index (χ4n) is 4.23. The van der Waals surface area contributed by atoms with Crippen molar-refractivity contribution in [3.63, 3.8) is 0 Å². The van der Waals surface area contributed by atoms with Crippen molar-refractivity contribution in [1.82, 2.24) is 25.0 Å². The number of hydrogen-bond donors (Lipinski definition) is 2. The molecule has 1 atom stereocenters. The molecule has 2 N–H and O–H groups in total. The highest BCUT2D eigenvalue weighted by Crippen LogP contribution is 2.34. The first kappa shape index (κ1) is 20.7. The zero-order valence-electron chi connectivity index (χ0n) is 17.3. The molecule has 1 aromatic carbocycles. The number of rotatable bonds is 4. The van der Waals surface area contributed by atoms with Crippen molar-refractivity contribution < 1.29 is 9.59 Å². The van der Waals surface area contributed by atoms with Crippen LogP contribution < -0.4 is 10.6 Å². The maximum absolute atomic E-state index is 12.6. The smallest absolute Gasteiger partial charge is 0.321 e. The second-order valence-electron chi connectivity index (χ2n) is 8.26. The van der Waals surface area contributed by atoms with Crippen molar-refractivity contribution in [2.45, 2.75) is 57.5 Å². The molecule has 3 heterocycles. The van der Waals surface area contributed by atoms with E-state index in [0.29, 0.717) is 18.1 Å². The van der Waals surface area contributed by atoms with Crippen molar-refractivity contribution in [2.75, 3.05) is 18.4 Å². The van der Waals surface area contributed by atoms with Gasteiger partial charge in [-0.3, -0.25) is 4.79 Å². The van der Waals surface area contributed by atoms with Gasteiger partial charge >= 0.3 is 6.03 Å². The molecule has 0 spiro atoms. The number of carbonyl (C=O) groups is 2. The molecule has 0 radical (unpaired) electrons. The van der Waals surface area contributed by atoms with Gasteiger partial charge in [-0.2, -0.15) is 0 Å². The van der Waals surface area contributed by atoms with Crippen LogP contribution in [0.1, 0.15) is 56.7 Å². The molecule has 0 saturated carbocycles. The summed E-state index contributed by atoms with van der Waals surface area (Å²) >= 11 is 5.90. The van der Waals surface area contributed by atoms with E-state index in [1.807, 2.05) is 23.3 Å². The lowest BCUT2D eigenvalue weighted by Crippen LogP contribution is -2.41. The van der Waals surface area contributed by atoms with E-state index in [4.69, 9.17) is 11.6 Å². The van der Waals surface area contributed by atoms with Crippen LogP contribution in [0.4, 0.5) is 10.5 Å². The Balaban J connectivity index is 1.39. The van der Waals surface area contributed by atoms with Crippen LogP contribution in [0, 0.1) is 0 Å². The van der Waals surface area contributed by atoms with Gasteiger partial charge in [0, 0.05) is 42.2 Å². The van der Waals surface area contributed by atoms with E-state index in [1.165, 1.54) is 0 Å². The number of nitrogens with zero attached hydrogens (tertiary/aromatic N) is 4. The first-order valence-electron chi connectivity index (χ1n) is 10.5. The Hall–Kier alpha value is -2.61. The first-order chi connectivity index (χ1) is 14.4. The zero-order valence-corrected chi connectivity index (χ0v) is 18.0. The molecule has 2 aliphatic rings. The molecule has 30 heavy (non-hydrogen) atoms. The molecule has 0 aliphatic carbocycles. The summed E-state index contributed by atoms with van der Waals surface area (Å²) in [7, 11) is 0. The number of aromatic nitrogens is 3. The van der Waals surface area contributed by atoms with E-state index >= 15 is 0 Å². The van der Waals surface area contributed by atoms with E-state index in [2.05, 4.69) is 20.8 Å². The summed E-state index contributed by atoms with van der Waals surface area (Å²) in [6.45, 7) is 5.20. The number of carbonyl (C=O) groups excluding carboxylic acids is 2. The van der Waals surface area contributed by atoms with Crippen molar-refractivity contribution in [3.05, 3.63) is 40.9 Å². The molecule has 1 fully saturated rings. The lowest BCUT2D eigenvalue weighted by Gasteiger charge is -2.32. The predicted octanol–water partition coefficient (Wildman–Crippen LogP) is 3.35. The van der Waals surface area contributed by atoms with Gasteiger partial charge in [-0.1, -0.05) is 11.6 Å². The summed E-state index contributed by atoms with van der Waals surface area (Å²) in [5, 5.41) is 15.3. The maximum atomic E-state index is 12.6. The average molecular weight is 431 g/mol. The van der Waals surface area contributed by atoms with Gasteiger partial charge < -0.3 is 20.1 Å². The van der Waals surface area contributed by atoms with Gasteiger partial charge in [0.25, 0.3) is 0 Å². The highest BCUT2D eigenvalue weighted by molar-refractivity contribution is 6.30. The predicted molar refractivity (Wildman–Crippen MR) is 115 cm³/mol. The zero-order chi connectivity index (χ0) is 21.3. The van der Waals surface area contributed by atoms with Gasteiger partial charge in [0.2, 0.25) is 5.91 Å². The van der Waals surface area contributed by atoms with Gasteiger partial charge in [0.15, 0.2) is 0 Å². The molecule has 4 rings (SSSR count). The fraction of sp³-hybridized carbons (Fsp3) is 0.524. The Labute approximate surface area is 181 Å². The Morgan fingerprint density at radius 2 is 1.80 bits per heavy atom. The lowest BCUT2D eigenvalue weighted by atomic mass is 9.95. The minimum absolute atomic E-state index is 0.0320. The number of hydrogen-bond acceptors (Lipinski definition) is 4. The second kappa shape index (κ2) is 8.63. The molecule has 3 amide bonds. The molecule has 0 bridgehead atoms. The van der Waals surface area contributed by atoms with Gasteiger partial charge in [0.05, 0.1) is 0 Å². The summed E-state index contributed by atoms with van der Waals surface area (Å²) in [6, 6.07) is 6.82. The summed E-state index contributed by atoms with van der Waals surface area (Å²) in [5.41, 5.74) is 0.723. The van der Waals surface area contributed by atoms with E-state index in [1.54, 1.807) is 24.3 Å². The summed E-state index contributed by atoms with van der Waals surface area (Å²) in [4.78, 5) is 27.0. The lowest BCUT2D eigenvalue weighted by molar-refractivity contribution is -0.124. The molecule has 9 heteroatoms. The van der Waals surface area contributed by atoms with E-state index < -0.39 is 0 Å². The van der Waals surface area contributed by atoms with E-state index in [9.17, 15) is 9.59 Å². The highest BCUT2D eigenvalue weighted by Gasteiger charge is 2.36. The fourth-order valence-corrected chi connectivity index (χ4v) is 4.35. The third-order valence-electron chi connectivity index (χ3n) is 5.72. The van der Waals surface area contributed by atoms with Crippen LogP contribution >= 0.6 is 11.6 Å². The van der Waals surface area contributed by atoms with Crippen molar-refractivity contribution in [3.8, 4) is 0 Å². The van der Waals surface area contributed by atoms with Crippen LogP contribution in [0.25, 0.3) is 0 Å². The van der Waals surface area contributed by atoms with Crippen molar-refractivity contribution in [1.29, 1.82) is 0 Å². The normalized spacial score (nSPS) is 19.1. The minimum Gasteiger partial charge on any atom is -0.352 e. The van der Waals surface area contributed by atoms with Crippen LogP contribution in [0.2, 0.25) is 5.02 Å². The molecular formula is C21H27ClN6O2. The van der Waals surface area contributed by atoms with Crippen molar-refractivity contribution in [2.24, 2.45) is 0 Å². The van der Waals surface area contributed by atoms with Gasteiger partial charge in [-0.15, -0.1) is 10.2 Å². The number of piperidine rings is 1. The summed E-state index contributed by atoms with van der Waals surface area (Å²) in [5.74, 6) is 1.99. The summed E-state index contributed by atoms with van der Waals surface area (Å²) in [6.07, 6.45) is 3.12. The Morgan fingerprint density at radius 1 is 1.10 bits per heavy atom. The number of aryl methyl sites for hydroxylation is 1. The SMILES string of the molecule is CC(C)NC(=O)C1CCc2nnc(C3CCN(C(=O)Nc4ccc(Cl)cc4)CC3)n21. The number of benzene rings is 1. The van der Waals surface area contributed by atoms with Crippen molar-refractivity contribution >= 4 is 29.2 Å². The number of amides is 3. The van der Waals surface area contributed by atoms with Crippen LogP contribution in [0.15, 0.2) is 24.3 Å². The first-order valence-corrected chi connectivity index (χ1v) is 10.9. The second-order valence-corrected chi connectivity index (χ2v) is 8.70. The minimum atomic E-state index is -0.237. The number of nitrogens with one attached hydrogen (secondary N) is 2. The van der Waals surface area contributed by atoms with Crippen LogP contribution in [0.5, 0.6) is 0 Å². The molecule has 1 unspecified atom stereocenters. The van der Waals surface area contributed by atoms with Crippen LogP contribution in [0.3, 0.4) is 0 Å². The van der Waals surface area contributed by atoms with Gasteiger partial charge in [0.1, 0.15) is 17.7 Å². The standard InChI is InChI=1S/C21H27ClN6O2/c1-13(2)23-20(29)17-7-8-18-25-26-19(28(17)18)14-9-11-27(12-10-14)21(30)24-16-5-3-15(22)4-6-16/h3-6,13-14,17H,7-12H2,1-2H3,(H,23,29)(H,24,30). The van der Waals surface area contributed by atoms with E-state index in [0.717, 1.165) is 43.0 Å². The Bertz CT molecular complexity index is 918. The number of urea groups is 1. The highest BCUT2D eigenvalue weighted by atomic mass is 35.5. The number of anilines is 1. The van der Waals surface area contributed by atoms with Gasteiger partial charge in [-0.05, 0) is 57.4 Å². The number of fused-ring (bicyclic) bond motifs is 1. The van der Waals surface area contributed by atoms with Gasteiger partial charge in [-0.25, -0.2) is 4.79 Å². The molecule has 2 aliphatic heterocycles. The Kier molecular flexibility index (Phi) is 5.94. The largest absolute Gasteiger partial charge is 0.352 e. The maximum Gasteiger partial charge on any atom is 0.321 e. The molecule has 1 saturated heterocycles. The van der Waals surface area contributed by atoms with E-state index in [-0.39, 0.29) is 29.9 Å². The molecular weight excluding hydrogens is 404 g/mol. The quantitative estimate of drug-likeness (QED) is 0.777. The number of halogens is 1. The molecule has 160 valence electrons. The van der Waals surface area contributed by atoms with Crippen LogP contribution in [-0.4, -0.2) is 50.7 Å². The summed E-state index contributed by atoms with van der Waals surface area (Å²) < 4.78 is 2.03. The third-order valence-corrected chi connectivity index (χ3v) is 5.97. The monoisotopic (exact) mass is 430 g/mol. The Morgan fingerprint density at radius 3 is 2.47 bits per heavy atom. The average Bonchev–Trinajstić information content (AvgIpc) is 3.31. The topological polar surface area (TPSA) is 92.2 Å². The molecule has 8 nitrogen and oxygen atoms in total. The molecule has 2 aromatic rings.